The number of pyridine rings is 1. The van der Waals surface area contributed by atoms with Crippen LogP contribution in [0.1, 0.15) is 16.7 Å². The summed E-state index contributed by atoms with van der Waals surface area (Å²) in [6, 6.07) is 19.1. The molecule has 1 heterocycles. The van der Waals surface area contributed by atoms with Crippen molar-refractivity contribution in [3.8, 4) is 5.88 Å². The van der Waals surface area contributed by atoms with E-state index in [1.54, 1.807) is 7.11 Å². The van der Waals surface area contributed by atoms with E-state index >= 15 is 0 Å². The molecule has 0 fully saturated rings. The average Bonchev–Trinajstić information content (AvgIpc) is 2.56. The summed E-state index contributed by atoms with van der Waals surface area (Å²) in [6.45, 7) is 0. The summed E-state index contributed by atoms with van der Waals surface area (Å²) < 4.78 is 5.47. The number of para-hydroxylation sites is 1. The Kier molecular flexibility index (Phi) is 4.64. The van der Waals surface area contributed by atoms with Crippen LogP contribution in [0, 0.1) is 0 Å². The molecule has 0 spiro atoms. The zero-order valence-corrected chi connectivity index (χ0v) is 13.7. The quantitative estimate of drug-likeness (QED) is 0.682. The number of ether oxygens (including phenoxy) is 1. The van der Waals surface area contributed by atoms with Crippen LogP contribution in [-0.2, 0) is 12.2 Å². The third kappa shape index (κ3) is 3.25. The number of hydrogen-bond acceptors (Lipinski definition) is 3. The van der Waals surface area contributed by atoms with Gasteiger partial charge in [-0.1, -0.05) is 42.5 Å². The first-order valence-corrected chi connectivity index (χ1v) is 8.69. The number of hydrogen-bond donors (Lipinski definition) is 0. The Bertz CT molecular complexity index is 768. The molecule has 0 saturated carbocycles. The predicted molar refractivity (Wildman–Crippen MR) is 94.8 cm³/mol. The van der Waals surface area contributed by atoms with Gasteiger partial charge >= 0.3 is 0 Å². The lowest BCUT2D eigenvalue weighted by molar-refractivity contribution is 0.395. The predicted octanol–water partition coefficient (Wildman–Crippen LogP) is 4.70. The summed E-state index contributed by atoms with van der Waals surface area (Å²) in [5, 5.41) is 1.15. The fourth-order valence-electron chi connectivity index (χ4n) is 2.59. The fraction of sp³-hybridized carbons (Fsp3) is 0.211. The molecule has 0 aliphatic rings. The van der Waals surface area contributed by atoms with Gasteiger partial charge in [0.15, 0.2) is 0 Å². The number of thioether (sulfide) groups is 1. The maximum absolute atomic E-state index is 5.47. The van der Waals surface area contributed by atoms with E-state index in [9.17, 15) is 0 Å². The lowest BCUT2D eigenvalue weighted by atomic mass is 10.0. The molecular formula is C19H19NOS. The minimum Gasteiger partial charge on any atom is -0.481 e. The summed E-state index contributed by atoms with van der Waals surface area (Å²) in [4.78, 5) is 4.61. The molecule has 3 rings (SSSR count). The molecule has 0 amide bonds. The maximum atomic E-state index is 5.47. The number of benzene rings is 2. The van der Waals surface area contributed by atoms with Crippen LogP contribution in [0.15, 0.2) is 54.6 Å². The molecule has 0 radical (unpaired) electrons. The molecule has 3 aromatic rings. The van der Waals surface area contributed by atoms with E-state index in [1.165, 1.54) is 11.1 Å². The van der Waals surface area contributed by atoms with Gasteiger partial charge in [-0.3, -0.25) is 0 Å². The van der Waals surface area contributed by atoms with E-state index in [1.807, 2.05) is 30.0 Å². The van der Waals surface area contributed by atoms with Crippen LogP contribution in [0.3, 0.4) is 0 Å². The van der Waals surface area contributed by atoms with Gasteiger partial charge in [-0.05, 0) is 29.5 Å². The Labute approximate surface area is 135 Å². The highest BCUT2D eigenvalue weighted by Crippen LogP contribution is 2.24. The highest BCUT2D eigenvalue weighted by Gasteiger charge is 2.08. The molecule has 3 heteroatoms. The van der Waals surface area contributed by atoms with Gasteiger partial charge in [0.25, 0.3) is 0 Å². The zero-order valence-electron chi connectivity index (χ0n) is 12.9. The molecule has 0 saturated heterocycles. The molecular weight excluding hydrogens is 290 g/mol. The average molecular weight is 309 g/mol. The monoisotopic (exact) mass is 309 g/mol. The van der Waals surface area contributed by atoms with E-state index in [2.05, 4.69) is 47.6 Å². The van der Waals surface area contributed by atoms with Gasteiger partial charge in [-0.15, -0.1) is 0 Å². The minimum absolute atomic E-state index is 0.715. The molecule has 0 aliphatic carbocycles. The van der Waals surface area contributed by atoms with Crippen molar-refractivity contribution >= 4 is 22.7 Å². The van der Waals surface area contributed by atoms with Gasteiger partial charge in [0.2, 0.25) is 5.88 Å². The summed E-state index contributed by atoms with van der Waals surface area (Å²) in [5.74, 6) is 1.77. The van der Waals surface area contributed by atoms with Crippen LogP contribution in [-0.4, -0.2) is 18.3 Å². The van der Waals surface area contributed by atoms with Crippen molar-refractivity contribution in [3.63, 3.8) is 0 Å². The van der Waals surface area contributed by atoms with Gasteiger partial charge < -0.3 is 4.74 Å². The second-order valence-electron chi connectivity index (χ2n) is 5.28. The normalized spacial score (nSPS) is 10.8. The van der Waals surface area contributed by atoms with E-state index in [-0.39, 0.29) is 0 Å². The molecule has 112 valence electrons. The van der Waals surface area contributed by atoms with Gasteiger partial charge in [0.1, 0.15) is 0 Å². The highest BCUT2D eigenvalue weighted by atomic mass is 32.2. The zero-order chi connectivity index (χ0) is 15.4. The second kappa shape index (κ2) is 6.84. The summed E-state index contributed by atoms with van der Waals surface area (Å²) in [6.07, 6.45) is 2.96. The third-order valence-corrected chi connectivity index (χ3v) is 4.31. The lowest BCUT2D eigenvalue weighted by Crippen LogP contribution is -1.97. The Morgan fingerprint density at radius 3 is 2.45 bits per heavy atom. The number of nitrogens with zero attached hydrogens (tertiary/aromatic N) is 1. The van der Waals surface area contributed by atoms with Gasteiger partial charge in [-0.2, -0.15) is 11.8 Å². The van der Waals surface area contributed by atoms with Crippen molar-refractivity contribution in [1.29, 1.82) is 0 Å². The molecule has 1 aromatic heterocycles. The number of methoxy groups -OCH3 is 1. The van der Waals surface area contributed by atoms with E-state index in [0.717, 1.165) is 28.6 Å². The molecule has 0 atom stereocenters. The molecule has 0 bridgehead atoms. The minimum atomic E-state index is 0.715. The molecule has 2 aromatic carbocycles. The summed E-state index contributed by atoms with van der Waals surface area (Å²) in [7, 11) is 1.68. The molecule has 0 aliphatic heterocycles. The fourth-order valence-corrected chi connectivity index (χ4v) is 3.11. The van der Waals surface area contributed by atoms with Crippen molar-refractivity contribution in [2.45, 2.75) is 12.2 Å². The number of fused-ring (bicyclic) bond motifs is 1. The Morgan fingerprint density at radius 2 is 1.73 bits per heavy atom. The van der Waals surface area contributed by atoms with E-state index in [4.69, 9.17) is 4.74 Å². The van der Waals surface area contributed by atoms with Crippen LogP contribution in [0.2, 0.25) is 0 Å². The van der Waals surface area contributed by atoms with Crippen LogP contribution < -0.4 is 4.74 Å². The number of aromatic nitrogens is 1. The van der Waals surface area contributed by atoms with Crippen molar-refractivity contribution < 1.29 is 4.74 Å². The number of rotatable bonds is 5. The van der Waals surface area contributed by atoms with E-state index in [0.29, 0.717) is 5.88 Å². The van der Waals surface area contributed by atoms with Crippen LogP contribution in [0.4, 0.5) is 0 Å². The summed E-state index contributed by atoms with van der Waals surface area (Å²) in [5.41, 5.74) is 4.73. The molecule has 22 heavy (non-hydrogen) atoms. The Balaban J connectivity index is 1.91. The van der Waals surface area contributed by atoms with Gasteiger partial charge in [0.05, 0.1) is 12.6 Å². The third-order valence-electron chi connectivity index (χ3n) is 3.69. The molecule has 0 unspecified atom stereocenters. The second-order valence-corrected chi connectivity index (χ2v) is 6.14. The standard InChI is InChI=1S/C19H19NOS/c1-21-19-17(12-16-5-3-4-6-18(16)20-19)11-14-7-9-15(10-8-14)13-22-2/h3-10,12H,11,13H2,1-2H3. The van der Waals surface area contributed by atoms with Crippen molar-refractivity contribution in [1.82, 2.24) is 4.98 Å². The largest absolute Gasteiger partial charge is 0.481 e. The smallest absolute Gasteiger partial charge is 0.217 e. The van der Waals surface area contributed by atoms with Crippen molar-refractivity contribution in [2.24, 2.45) is 0 Å². The lowest BCUT2D eigenvalue weighted by Gasteiger charge is -2.10. The maximum Gasteiger partial charge on any atom is 0.217 e. The van der Waals surface area contributed by atoms with Gasteiger partial charge in [-0.25, -0.2) is 4.98 Å². The first-order chi connectivity index (χ1) is 10.8. The van der Waals surface area contributed by atoms with Gasteiger partial charge in [0, 0.05) is 23.1 Å². The van der Waals surface area contributed by atoms with Crippen LogP contribution in [0.5, 0.6) is 5.88 Å². The summed E-state index contributed by atoms with van der Waals surface area (Å²) >= 11 is 1.84. The Hall–Kier alpha value is -2.00. The van der Waals surface area contributed by atoms with Crippen molar-refractivity contribution in [3.05, 3.63) is 71.3 Å². The topological polar surface area (TPSA) is 22.1 Å². The van der Waals surface area contributed by atoms with E-state index < -0.39 is 0 Å². The highest BCUT2D eigenvalue weighted by molar-refractivity contribution is 7.97. The molecule has 2 nitrogen and oxygen atoms in total. The van der Waals surface area contributed by atoms with Crippen molar-refractivity contribution in [2.75, 3.05) is 13.4 Å². The first-order valence-electron chi connectivity index (χ1n) is 7.29. The van der Waals surface area contributed by atoms with Crippen LogP contribution in [0.25, 0.3) is 10.9 Å². The SMILES string of the molecule is COc1nc2ccccc2cc1Cc1ccc(CSC)cc1. The first kappa shape index (κ1) is 14.9. The van der Waals surface area contributed by atoms with Crippen LogP contribution >= 0.6 is 11.8 Å². The molecule has 0 N–H and O–H groups in total. The Morgan fingerprint density at radius 1 is 1.00 bits per heavy atom.